The number of halogens is 1. The quantitative estimate of drug-likeness (QED) is 0.761. The maximum atomic E-state index is 15.5. The average molecular weight is 340 g/mol. The van der Waals surface area contributed by atoms with E-state index in [1.807, 2.05) is 12.3 Å². The van der Waals surface area contributed by atoms with Gasteiger partial charge in [-0.05, 0) is 61.1 Å². The van der Waals surface area contributed by atoms with Crippen molar-refractivity contribution in [1.29, 1.82) is 0 Å². The summed E-state index contributed by atoms with van der Waals surface area (Å²) in [7, 11) is 0. The van der Waals surface area contributed by atoms with Crippen molar-refractivity contribution in [2.45, 2.75) is 56.7 Å². The molecule has 25 heavy (non-hydrogen) atoms. The summed E-state index contributed by atoms with van der Waals surface area (Å²) in [6.45, 7) is 5.95. The van der Waals surface area contributed by atoms with Crippen LogP contribution in [0, 0.1) is 17.3 Å². The lowest BCUT2D eigenvalue weighted by molar-refractivity contribution is -0.0941. The van der Waals surface area contributed by atoms with Gasteiger partial charge in [0, 0.05) is 16.7 Å². The van der Waals surface area contributed by atoms with Crippen molar-refractivity contribution in [3.63, 3.8) is 0 Å². The second-order valence-electron chi connectivity index (χ2n) is 8.60. The summed E-state index contributed by atoms with van der Waals surface area (Å²) < 4.78 is 15.5. The van der Waals surface area contributed by atoms with E-state index in [1.54, 1.807) is 6.08 Å². The van der Waals surface area contributed by atoms with Crippen LogP contribution in [-0.2, 0) is 6.42 Å². The number of benzene rings is 1. The molecule has 1 aromatic heterocycles. The Labute approximate surface area is 147 Å². The summed E-state index contributed by atoms with van der Waals surface area (Å²) in [6, 6.07) is 4.15. The summed E-state index contributed by atoms with van der Waals surface area (Å²) in [5.41, 5.74) is 2.16. The number of hydrogen-bond acceptors (Lipinski definition) is 2. The molecule has 0 amide bonds. The minimum Gasteiger partial charge on any atom is -0.385 e. The zero-order valence-corrected chi connectivity index (χ0v) is 14.6. The smallest absolute Gasteiger partial charge is 0.108 e. The normalized spacial score (nSPS) is 42.7. The van der Waals surface area contributed by atoms with Gasteiger partial charge in [-0.1, -0.05) is 19.1 Å². The topological polar surface area (TPSA) is 48.9 Å². The maximum absolute atomic E-state index is 15.5. The van der Waals surface area contributed by atoms with Gasteiger partial charge in [0.15, 0.2) is 0 Å². The molecule has 5 rings (SSSR count). The number of alkyl halides is 1. The molecule has 3 unspecified atom stereocenters. The highest BCUT2D eigenvalue weighted by Gasteiger charge is 2.63. The van der Waals surface area contributed by atoms with Gasteiger partial charge in [-0.2, -0.15) is 5.10 Å². The molecule has 2 saturated carbocycles. The van der Waals surface area contributed by atoms with Crippen LogP contribution >= 0.6 is 0 Å². The highest BCUT2D eigenvalue weighted by molar-refractivity contribution is 5.83. The van der Waals surface area contributed by atoms with Gasteiger partial charge in [0.25, 0.3) is 0 Å². The number of aromatic nitrogens is 2. The zero-order valence-electron chi connectivity index (χ0n) is 14.6. The van der Waals surface area contributed by atoms with Crippen molar-refractivity contribution in [2.24, 2.45) is 17.3 Å². The third-order valence-corrected chi connectivity index (χ3v) is 7.83. The maximum Gasteiger partial charge on any atom is 0.108 e. The predicted molar refractivity (Wildman–Crippen MR) is 96.1 cm³/mol. The largest absolute Gasteiger partial charge is 0.385 e. The molecule has 1 aromatic carbocycles. The van der Waals surface area contributed by atoms with E-state index in [0.29, 0.717) is 24.7 Å². The number of hydrogen-bond donors (Lipinski definition) is 2. The molecule has 0 aliphatic heterocycles. The lowest BCUT2D eigenvalue weighted by atomic mass is 9.52. The highest BCUT2D eigenvalue weighted by Crippen LogP contribution is 2.65. The number of aryl methyl sites for hydroxylation is 1. The van der Waals surface area contributed by atoms with Crippen LogP contribution in [0.25, 0.3) is 10.9 Å². The molecule has 6 atom stereocenters. The molecular formula is C21H25FN2O. The van der Waals surface area contributed by atoms with Gasteiger partial charge in [-0.15, -0.1) is 6.58 Å². The second kappa shape index (κ2) is 4.94. The van der Waals surface area contributed by atoms with E-state index in [2.05, 4.69) is 29.8 Å². The molecule has 0 saturated heterocycles. The third-order valence-electron chi connectivity index (χ3n) is 7.83. The van der Waals surface area contributed by atoms with E-state index < -0.39 is 17.2 Å². The predicted octanol–water partition coefficient (Wildman–Crippen LogP) is 4.28. The number of aromatic amines is 1. The van der Waals surface area contributed by atoms with Crippen LogP contribution in [0.5, 0.6) is 0 Å². The fourth-order valence-corrected chi connectivity index (χ4v) is 6.50. The van der Waals surface area contributed by atoms with Crippen LogP contribution in [0.4, 0.5) is 4.39 Å². The van der Waals surface area contributed by atoms with E-state index in [4.69, 9.17) is 0 Å². The number of nitrogens with zero attached hydrogens (tertiary/aromatic N) is 1. The van der Waals surface area contributed by atoms with Gasteiger partial charge >= 0.3 is 0 Å². The Balaban J connectivity index is 1.62. The Morgan fingerprint density at radius 2 is 2.24 bits per heavy atom. The first-order valence-corrected chi connectivity index (χ1v) is 9.43. The van der Waals surface area contributed by atoms with Crippen LogP contribution in [0.3, 0.4) is 0 Å². The van der Waals surface area contributed by atoms with Crippen molar-refractivity contribution < 1.29 is 9.50 Å². The Hall–Kier alpha value is -1.68. The lowest BCUT2D eigenvalue weighted by Crippen LogP contribution is -2.53. The monoisotopic (exact) mass is 340 g/mol. The molecular weight excluding hydrogens is 315 g/mol. The van der Waals surface area contributed by atoms with Crippen LogP contribution in [0.1, 0.15) is 49.7 Å². The van der Waals surface area contributed by atoms with Gasteiger partial charge in [0.1, 0.15) is 6.17 Å². The van der Waals surface area contributed by atoms with Gasteiger partial charge in [-0.25, -0.2) is 4.39 Å². The number of rotatable bonds is 1. The molecule has 3 aliphatic rings. The Morgan fingerprint density at radius 3 is 3.04 bits per heavy atom. The van der Waals surface area contributed by atoms with Gasteiger partial charge in [0.05, 0.1) is 17.3 Å². The first-order valence-electron chi connectivity index (χ1n) is 9.43. The van der Waals surface area contributed by atoms with Crippen LogP contribution in [0.2, 0.25) is 0 Å². The van der Waals surface area contributed by atoms with Gasteiger partial charge in [0.2, 0.25) is 0 Å². The minimum absolute atomic E-state index is 0.0479. The molecule has 3 aliphatic carbocycles. The summed E-state index contributed by atoms with van der Waals surface area (Å²) >= 11 is 0. The first-order chi connectivity index (χ1) is 12.0. The molecule has 0 radical (unpaired) electrons. The average Bonchev–Trinajstić information content (AvgIpc) is 3.18. The van der Waals surface area contributed by atoms with E-state index in [0.717, 1.165) is 30.2 Å². The number of nitrogens with one attached hydrogen (secondary N) is 1. The second-order valence-corrected chi connectivity index (χ2v) is 8.60. The Morgan fingerprint density at radius 1 is 1.40 bits per heavy atom. The van der Waals surface area contributed by atoms with Crippen molar-refractivity contribution in [3.8, 4) is 0 Å². The summed E-state index contributed by atoms with van der Waals surface area (Å²) in [6.07, 6.45) is 6.70. The third kappa shape index (κ3) is 1.81. The number of fused-ring (bicyclic) bond motifs is 7. The number of aliphatic hydroxyl groups is 1. The fraction of sp³-hybridized carbons (Fsp3) is 0.571. The van der Waals surface area contributed by atoms with E-state index in [1.165, 1.54) is 11.1 Å². The van der Waals surface area contributed by atoms with Crippen molar-refractivity contribution in [3.05, 3.63) is 42.1 Å². The molecule has 4 heteroatoms. The minimum atomic E-state index is -0.929. The molecule has 1 heterocycles. The van der Waals surface area contributed by atoms with Crippen molar-refractivity contribution in [1.82, 2.24) is 10.2 Å². The number of H-pyrrole nitrogens is 1. The van der Waals surface area contributed by atoms with Gasteiger partial charge < -0.3 is 5.11 Å². The van der Waals surface area contributed by atoms with Crippen molar-refractivity contribution >= 4 is 10.9 Å². The molecule has 3 nitrogen and oxygen atoms in total. The molecule has 2 N–H and O–H groups in total. The van der Waals surface area contributed by atoms with E-state index in [-0.39, 0.29) is 5.92 Å². The molecule has 132 valence electrons. The first kappa shape index (κ1) is 15.6. The highest BCUT2D eigenvalue weighted by atomic mass is 19.1. The summed E-state index contributed by atoms with van der Waals surface area (Å²) in [5, 5.41) is 19.4. The zero-order chi connectivity index (χ0) is 17.4. The standard InChI is InChI=1S/C21H25FN2O/c1-3-21(25)9-8-16-14-5-4-12-13(6-7-18-15(12)11-23-24-18)19(14)17(22)10-20(16,21)2/h3,6-7,11,14,16-17,19,25H,1,4-5,8-10H2,2H3,(H,23,24)/t14?,16?,17-,19?,20-,21-/m0/s1. The Kier molecular flexibility index (Phi) is 3.08. The molecule has 2 fully saturated rings. The Bertz CT molecular complexity index is 861. The van der Waals surface area contributed by atoms with Gasteiger partial charge in [-0.3, -0.25) is 5.10 Å². The molecule has 2 aromatic rings. The van der Waals surface area contributed by atoms with Crippen LogP contribution in [0.15, 0.2) is 31.0 Å². The fourth-order valence-electron chi connectivity index (χ4n) is 6.50. The molecule has 0 bridgehead atoms. The van der Waals surface area contributed by atoms with Crippen molar-refractivity contribution in [2.75, 3.05) is 0 Å². The van der Waals surface area contributed by atoms with E-state index >= 15 is 4.39 Å². The summed E-state index contributed by atoms with van der Waals surface area (Å²) in [5.74, 6) is 0.619. The van der Waals surface area contributed by atoms with Crippen LogP contribution < -0.4 is 0 Å². The molecule has 0 spiro atoms. The summed E-state index contributed by atoms with van der Waals surface area (Å²) in [4.78, 5) is 0. The lowest BCUT2D eigenvalue weighted by Gasteiger charge is -2.54. The van der Waals surface area contributed by atoms with Crippen LogP contribution in [-0.4, -0.2) is 27.1 Å². The SMILES string of the molecule is C=C[C@]1(O)CCC2C3CCc4c(ccc5[nH]ncc45)C3[C@@H](F)C[C@@]21C. The van der Waals surface area contributed by atoms with E-state index in [9.17, 15) is 5.11 Å².